The summed E-state index contributed by atoms with van der Waals surface area (Å²) < 4.78 is 2.07. The lowest BCUT2D eigenvalue weighted by atomic mass is 9.98. The molecule has 86 valence electrons. The van der Waals surface area contributed by atoms with E-state index in [9.17, 15) is 10.0 Å². The van der Waals surface area contributed by atoms with E-state index in [1.807, 2.05) is 6.08 Å². The zero-order chi connectivity index (χ0) is 12.0. The molecule has 0 amide bonds. The summed E-state index contributed by atoms with van der Waals surface area (Å²) in [6, 6.07) is 3.36. The molecule has 0 fully saturated rings. The highest BCUT2D eigenvalue weighted by Crippen LogP contribution is 2.27. The number of carbonyl (C=O) groups excluding carboxylic acids is 1. The van der Waals surface area contributed by atoms with Gasteiger partial charge in [0.1, 0.15) is 11.6 Å². The summed E-state index contributed by atoms with van der Waals surface area (Å²) in [5, 5.41) is 12.1. The van der Waals surface area contributed by atoms with Gasteiger partial charge in [-0.15, -0.1) is 0 Å². The van der Waals surface area contributed by atoms with Gasteiger partial charge in [-0.05, 0) is 36.2 Å². The van der Waals surface area contributed by atoms with Crippen molar-refractivity contribution in [2.75, 3.05) is 0 Å². The van der Waals surface area contributed by atoms with Gasteiger partial charge in [-0.1, -0.05) is 12.2 Å². The lowest BCUT2D eigenvalue weighted by molar-refractivity contribution is -0.403. The fourth-order valence-corrected chi connectivity index (χ4v) is 2.41. The minimum Gasteiger partial charge on any atom is -0.617 e. The third-order valence-electron chi connectivity index (χ3n) is 2.99. The first-order valence-corrected chi connectivity index (χ1v) is 5.66. The summed E-state index contributed by atoms with van der Waals surface area (Å²) in [6.45, 7) is 0. The summed E-state index contributed by atoms with van der Waals surface area (Å²) in [7, 11) is 0. The first-order chi connectivity index (χ1) is 8.20. The number of allylic oxidation sites excluding steroid dienone is 3. The van der Waals surface area contributed by atoms with Crippen LogP contribution in [0.5, 0.6) is 0 Å². The van der Waals surface area contributed by atoms with Gasteiger partial charge in [-0.25, -0.2) is 0 Å². The molecule has 0 spiro atoms. The lowest BCUT2D eigenvalue weighted by Gasteiger charge is -2.14. The summed E-state index contributed by atoms with van der Waals surface area (Å²) in [5.74, 6) is -0.688. The van der Waals surface area contributed by atoms with E-state index < -0.39 is 5.92 Å². The van der Waals surface area contributed by atoms with Crippen LogP contribution in [-0.2, 0) is 0 Å². The molecule has 5 heteroatoms. The van der Waals surface area contributed by atoms with Gasteiger partial charge in [0.05, 0.1) is 0 Å². The maximum absolute atomic E-state index is 12.3. The van der Waals surface area contributed by atoms with Crippen molar-refractivity contribution in [1.29, 1.82) is 0 Å². The monoisotopic (exact) mass is 248 g/mol. The second-order valence-electron chi connectivity index (χ2n) is 3.96. The smallest absolute Gasteiger partial charge is 0.311 e. The molecule has 1 unspecified atom stereocenters. The van der Waals surface area contributed by atoms with E-state index in [0.717, 1.165) is 0 Å². The van der Waals surface area contributed by atoms with Crippen molar-refractivity contribution in [2.24, 2.45) is 5.92 Å². The van der Waals surface area contributed by atoms with Crippen LogP contribution in [0.2, 0.25) is 0 Å². The van der Waals surface area contributed by atoms with E-state index >= 15 is 0 Å². The maximum atomic E-state index is 12.3. The molecule has 0 aromatic carbocycles. The fraction of sp³-hybridized carbons (Fsp3) is 0.167. The van der Waals surface area contributed by atoms with Gasteiger partial charge in [0, 0.05) is 6.20 Å². The largest absolute Gasteiger partial charge is 0.617 e. The van der Waals surface area contributed by atoms with E-state index in [1.165, 1.54) is 4.57 Å². The molecule has 0 N–H and O–H groups in total. The van der Waals surface area contributed by atoms with E-state index in [1.54, 1.807) is 30.5 Å². The van der Waals surface area contributed by atoms with Crippen LogP contribution in [0.15, 0.2) is 42.3 Å². The molecule has 1 aliphatic heterocycles. The molecule has 4 nitrogen and oxygen atoms in total. The Morgan fingerprint density at radius 2 is 2.35 bits per heavy atom. The predicted octanol–water partition coefficient (Wildman–Crippen LogP) is 2.10. The number of hydrogen-bond acceptors (Lipinski definition) is 2. The first kappa shape index (κ1) is 10.4. The van der Waals surface area contributed by atoms with Gasteiger partial charge in [0.2, 0.25) is 11.6 Å². The van der Waals surface area contributed by atoms with Crippen molar-refractivity contribution in [3.05, 3.63) is 53.2 Å². The Morgan fingerprint density at radius 1 is 1.53 bits per heavy atom. The van der Waals surface area contributed by atoms with Gasteiger partial charge in [0.15, 0.2) is 0 Å². The van der Waals surface area contributed by atoms with Crippen LogP contribution >= 0.6 is 11.6 Å². The van der Waals surface area contributed by atoms with Gasteiger partial charge >= 0.3 is 5.17 Å². The number of aromatic nitrogens is 1. The van der Waals surface area contributed by atoms with Crippen LogP contribution < -0.4 is 0 Å². The number of carbonyl (C=O) groups is 1. The Morgan fingerprint density at radius 3 is 3.18 bits per heavy atom. The van der Waals surface area contributed by atoms with Crippen LogP contribution in [0.1, 0.15) is 16.9 Å². The molecular weight excluding hydrogens is 240 g/mol. The van der Waals surface area contributed by atoms with Crippen molar-refractivity contribution < 1.29 is 9.53 Å². The van der Waals surface area contributed by atoms with Crippen molar-refractivity contribution >= 4 is 22.7 Å². The molecule has 1 atom stereocenters. The zero-order valence-corrected chi connectivity index (χ0v) is 9.59. The number of halogens is 1. The molecule has 1 aromatic rings. The Kier molecular flexibility index (Phi) is 2.19. The highest BCUT2D eigenvalue weighted by atomic mass is 35.5. The minimum atomic E-state index is -0.538. The second-order valence-corrected chi connectivity index (χ2v) is 4.32. The van der Waals surface area contributed by atoms with Gasteiger partial charge < -0.3 is 5.21 Å². The third-order valence-corrected chi connectivity index (χ3v) is 3.33. The maximum Gasteiger partial charge on any atom is 0.311 e. The molecule has 1 aliphatic carbocycles. The van der Waals surface area contributed by atoms with Crippen molar-refractivity contribution in [2.45, 2.75) is 6.42 Å². The highest BCUT2D eigenvalue weighted by Gasteiger charge is 2.36. The van der Waals surface area contributed by atoms with Crippen LogP contribution in [0.3, 0.4) is 0 Å². The Labute approximate surface area is 103 Å². The first-order valence-electron chi connectivity index (χ1n) is 5.28. The Balaban J connectivity index is 2.29. The minimum absolute atomic E-state index is 0.0346. The standard InChI is InChI=1S/C12H9ClN2O2/c13-11-10-6-3-7-14(10)12(16)8-4-1-2-5-9(8)15(11)17/h1,3-8H,2H2. The quantitative estimate of drug-likeness (QED) is 0.401. The van der Waals surface area contributed by atoms with E-state index in [4.69, 9.17) is 11.6 Å². The van der Waals surface area contributed by atoms with Crippen LogP contribution in [0.25, 0.3) is 0 Å². The van der Waals surface area contributed by atoms with Crippen LogP contribution in [0.4, 0.5) is 0 Å². The fourth-order valence-electron chi connectivity index (χ4n) is 2.16. The molecule has 0 saturated carbocycles. The molecule has 2 aliphatic rings. The van der Waals surface area contributed by atoms with E-state index in [2.05, 4.69) is 0 Å². The molecule has 0 radical (unpaired) electrons. The van der Waals surface area contributed by atoms with Gasteiger partial charge in [0.25, 0.3) is 0 Å². The summed E-state index contributed by atoms with van der Waals surface area (Å²) in [6.07, 6.45) is 7.64. The van der Waals surface area contributed by atoms with Crippen molar-refractivity contribution in [1.82, 2.24) is 4.57 Å². The summed E-state index contributed by atoms with van der Waals surface area (Å²) in [5.41, 5.74) is 0.849. The summed E-state index contributed by atoms with van der Waals surface area (Å²) in [4.78, 5) is 12.3. The zero-order valence-electron chi connectivity index (χ0n) is 8.84. The molecular formula is C12H9ClN2O2. The number of hydroxylamine groups is 1. The average molecular weight is 249 g/mol. The Hall–Kier alpha value is -1.81. The summed E-state index contributed by atoms with van der Waals surface area (Å²) >= 11 is 6.02. The average Bonchev–Trinajstić information content (AvgIpc) is 2.82. The Bertz CT molecular complexity index is 595. The molecule has 2 heterocycles. The number of rotatable bonds is 0. The van der Waals surface area contributed by atoms with Crippen molar-refractivity contribution in [3.63, 3.8) is 0 Å². The molecule has 17 heavy (non-hydrogen) atoms. The van der Waals surface area contributed by atoms with Crippen LogP contribution in [-0.4, -0.2) is 20.4 Å². The highest BCUT2D eigenvalue weighted by molar-refractivity contribution is 6.68. The topological polar surface area (TPSA) is 48.1 Å². The van der Waals surface area contributed by atoms with Crippen LogP contribution in [0, 0.1) is 11.1 Å². The molecule has 0 saturated heterocycles. The number of hydrogen-bond donors (Lipinski definition) is 0. The van der Waals surface area contributed by atoms with Crippen molar-refractivity contribution in [3.8, 4) is 0 Å². The third kappa shape index (κ3) is 1.37. The second kappa shape index (κ2) is 3.60. The SMILES string of the molecule is O=C1C2C=CCC=C2[N+]([O-])=C(Cl)c2cccn21. The molecule has 3 rings (SSSR count). The van der Waals surface area contributed by atoms with Gasteiger partial charge in [-0.2, -0.15) is 4.74 Å². The molecule has 0 bridgehead atoms. The normalized spacial score (nSPS) is 23.0. The number of fused-ring (bicyclic) bond motifs is 2. The molecule has 1 aromatic heterocycles. The number of nitrogens with zero attached hydrogens (tertiary/aromatic N) is 2. The lowest BCUT2D eigenvalue weighted by Crippen LogP contribution is -2.23. The van der Waals surface area contributed by atoms with E-state index in [-0.39, 0.29) is 11.1 Å². The van der Waals surface area contributed by atoms with Gasteiger partial charge in [-0.3, -0.25) is 9.36 Å². The predicted molar refractivity (Wildman–Crippen MR) is 64.0 cm³/mol. The van der Waals surface area contributed by atoms with E-state index in [0.29, 0.717) is 22.6 Å².